The molecule has 0 spiro atoms. The SMILES string of the molecule is CC(C)OC(=O)C1CCc2ccc(F)cc2C1=O. The first-order valence-corrected chi connectivity index (χ1v) is 6.02. The van der Waals surface area contributed by atoms with Crippen LogP contribution in [-0.4, -0.2) is 17.9 Å². The number of carbonyl (C=O) groups is 2. The summed E-state index contributed by atoms with van der Waals surface area (Å²) in [4.78, 5) is 23.9. The van der Waals surface area contributed by atoms with Crippen LogP contribution in [-0.2, 0) is 16.0 Å². The maximum absolute atomic E-state index is 13.1. The fraction of sp³-hybridized carbons (Fsp3) is 0.429. The first-order valence-electron chi connectivity index (χ1n) is 6.02. The molecule has 3 nitrogen and oxygen atoms in total. The summed E-state index contributed by atoms with van der Waals surface area (Å²) >= 11 is 0. The van der Waals surface area contributed by atoms with Crippen molar-refractivity contribution < 1.29 is 18.7 Å². The Balaban J connectivity index is 2.25. The Kier molecular flexibility index (Phi) is 3.45. The zero-order valence-electron chi connectivity index (χ0n) is 10.4. The van der Waals surface area contributed by atoms with Gasteiger partial charge in [-0.25, -0.2) is 4.39 Å². The zero-order chi connectivity index (χ0) is 13.3. The van der Waals surface area contributed by atoms with Crippen molar-refractivity contribution in [3.8, 4) is 0 Å². The number of ketones is 1. The molecule has 4 heteroatoms. The summed E-state index contributed by atoms with van der Waals surface area (Å²) < 4.78 is 18.2. The lowest BCUT2D eigenvalue weighted by molar-refractivity contribution is -0.150. The molecule has 1 aliphatic rings. The van der Waals surface area contributed by atoms with Gasteiger partial charge in [-0.2, -0.15) is 0 Å². The quantitative estimate of drug-likeness (QED) is 0.598. The molecule has 0 radical (unpaired) electrons. The third-order valence-electron chi connectivity index (χ3n) is 2.99. The number of carbonyl (C=O) groups excluding carboxylic acids is 2. The minimum Gasteiger partial charge on any atom is -0.462 e. The number of halogens is 1. The smallest absolute Gasteiger partial charge is 0.317 e. The van der Waals surface area contributed by atoms with Crippen LogP contribution >= 0.6 is 0 Å². The lowest BCUT2D eigenvalue weighted by Crippen LogP contribution is -2.32. The number of hydrogen-bond acceptors (Lipinski definition) is 3. The Hall–Kier alpha value is -1.71. The molecule has 0 aromatic heterocycles. The molecular formula is C14H15FO3. The molecular weight excluding hydrogens is 235 g/mol. The minimum absolute atomic E-state index is 0.251. The fourth-order valence-electron chi connectivity index (χ4n) is 2.15. The molecule has 1 aromatic rings. The van der Waals surface area contributed by atoms with Crippen molar-refractivity contribution in [2.45, 2.75) is 32.8 Å². The number of Topliss-reactive ketones (excluding diaryl/α,β-unsaturated/α-hetero) is 1. The number of benzene rings is 1. The molecule has 0 saturated carbocycles. The second kappa shape index (κ2) is 4.88. The van der Waals surface area contributed by atoms with Crippen molar-refractivity contribution in [3.05, 3.63) is 35.1 Å². The molecule has 1 aromatic carbocycles. The maximum Gasteiger partial charge on any atom is 0.317 e. The third-order valence-corrected chi connectivity index (χ3v) is 2.99. The highest BCUT2D eigenvalue weighted by Crippen LogP contribution is 2.27. The number of hydrogen-bond donors (Lipinski definition) is 0. The van der Waals surface area contributed by atoms with Crippen LogP contribution in [0.25, 0.3) is 0 Å². The van der Waals surface area contributed by atoms with E-state index in [2.05, 4.69) is 0 Å². The Labute approximate surface area is 105 Å². The highest BCUT2D eigenvalue weighted by Gasteiger charge is 2.34. The molecule has 0 aliphatic heterocycles. The van der Waals surface area contributed by atoms with Gasteiger partial charge < -0.3 is 4.74 Å². The van der Waals surface area contributed by atoms with Gasteiger partial charge in [-0.15, -0.1) is 0 Å². The first-order chi connectivity index (χ1) is 8.49. The normalized spacial score (nSPS) is 18.7. The molecule has 1 aliphatic carbocycles. The van der Waals surface area contributed by atoms with Gasteiger partial charge in [0.15, 0.2) is 5.78 Å². The zero-order valence-corrected chi connectivity index (χ0v) is 10.4. The molecule has 96 valence electrons. The van der Waals surface area contributed by atoms with Crippen molar-refractivity contribution in [1.82, 2.24) is 0 Å². The van der Waals surface area contributed by atoms with Gasteiger partial charge in [0.05, 0.1) is 6.10 Å². The van der Waals surface area contributed by atoms with Crippen molar-refractivity contribution >= 4 is 11.8 Å². The van der Waals surface area contributed by atoms with E-state index in [-0.39, 0.29) is 11.9 Å². The number of fused-ring (bicyclic) bond motifs is 1. The summed E-state index contributed by atoms with van der Waals surface area (Å²) in [7, 11) is 0. The van der Waals surface area contributed by atoms with Crippen molar-refractivity contribution in [2.75, 3.05) is 0 Å². The number of aryl methyl sites for hydroxylation is 1. The summed E-state index contributed by atoms with van der Waals surface area (Å²) in [6.45, 7) is 3.47. The van der Waals surface area contributed by atoms with E-state index in [4.69, 9.17) is 4.74 Å². The van der Waals surface area contributed by atoms with Gasteiger partial charge in [0.2, 0.25) is 0 Å². The molecule has 0 fully saturated rings. The lowest BCUT2D eigenvalue weighted by atomic mass is 9.83. The molecule has 2 rings (SSSR count). The van der Waals surface area contributed by atoms with Crippen LogP contribution in [0.4, 0.5) is 4.39 Å². The predicted molar refractivity (Wildman–Crippen MR) is 63.8 cm³/mol. The number of esters is 1. The molecule has 1 atom stereocenters. The van der Waals surface area contributed by atoms with Crippen molar-refractivity contribution in [3.63, 3.8) is 0 Å². The average Bonchev–Trinajstić information content (AvgIpc) is 2.29. The van der Waals surface area contributed by atoms with Gasteiger partial charge in [-0.05, 0) is 44.4 Å². The van der Waals surface area contributed by atoms with E-state index < -0.39 is 17.7 Å². The van der Waals surface area contributed by atoms with Crippen LogP contribution in [0.2, 0.25) is 0 Å². The van der Waals surface area contributed by atoms with Crippen molar-refractivity contribution in [1.29, 1.82) is 0 Å². The van der Waals surface area contributed by atoms with Crippen LogP contribution in [0.5, 0.6) is 0 Å². The summed E-state index contributed by atoms with van der Waals surface area (Å²) in [6, 6.07) is 4.14. The molecule has 0 saturated heterocycles. The summed E-state index contributed by atoms with van der Waals surface area (Å²) in [5.41, 5.74) is 1.11. The number of rotatable bonds is 2. The molecule has 1 unspecified atom stereocenters. The van der Waals surface area contributed by atoms with Crippen molar-refractivity contribution in [2.24, 2.45) is 5.92 Å². The van der Waals surface area contributed by atoms with E-state index in [1.807, 2.05) is 0 Å². The highest BCUT2D eigenvalue weighted by atomic mass is 19.1. The van der Waals surface area contributed by atoms with Gasteiger partial charge in [0, 0.05) is 5.56 Å². The Morgan fingerprint density at radius 2 is 2.17 bits per heavy atom. The van der Waals surface area contributed by atoms with Crippen LogP contribution in [0, 0.1) is 11.7 Å². The number of ether oxygens (including phenoxy) is 1. The van der Waals surface area contributed by atoms with Crippen LogP contribution in [0.15, 0.2) is 18.2 Å². The fourth-order valence-corrected chi connectivity index (χ4v) is 2.15. The van der Waals surface area contributed by atoms with Gasteiger partial charge >= 0.3 is 5.97 Å². The summed E-state index contributed by atoms with van der Waals surface area (Å²) in [5, 5.41) is 0. The molecule has 0 heterocycles. The topological polar surface area (TPSA) is 43.4 Å². The second-order valence-corrected chi connectivity index (χ2v) is 4.74. The van der Waals surface area contributed by atoms with E-state index in [1.54, 1.807) is 19.9 Å². The third kappa shape index (κ3) is 2.42. The minimum atomic E-state index is -0.790. The maximum atomic E-state index is 13.1. The van der Waals surface area contributed by atoms with E-state index in [9.17, 15) is 14.0 Å². The van der Waals surface area contributed by atoms with Crippen LogP contribution < -0.4 is 0 Å². The monoisotopic (exact) mass is 250 g/mol. The Bertz CT molecular complexity index is 494. The molecule has 0 bridgehead atoms. The predicted octanol–water partition coefficient (Wildman–Crippen LogP) is 2.52. The summed E-state index contributed by atoms with van der Waals surface area (Å²) in [5.74, 6) is -2.09. The summed E-state index contributed by atoms with van der Waals surface area (Å²) in [6.07, 6.45) is 0.779. The standard InChI is InChI=1S/C14H15FO3/c1-8(2)18-14(17)11-6-4-9-3-5-10(15)7-12(9)13(11)16/h3,5,7-8,11H,4,6H2,1-2H3. The lowest BCUT2D eigenvalue weighted by Gasteiger charge is -2.22. The molecule has 0 amide bonds. The van der Waals surface area contributed by atoms with E-state index in [0.717, 1.165) is 5.56 Å². The van der Waals surface area contributed by atoms with Crippen LogP contribution in [0.3, 0.4) is 0 Å². The Morgan fingerprint density at radius 1 is 1.44 bits per heavy atom. The molecule has 0 N–H and O–H groups in total. The van der Waals surface area contributed by atoms with E-state index >= 15 is 0 Å². The first kappa shape index (κ1) is 12.7. The van der Waals surface area contributed by atoms with Gasteiger partial charge in [-0.1, -0.05) is 6.07 Å². The van der Waals surface area contributed by atoms with E-state index in [0.29, 0.717) is 18.4 Å². The van der Waals surface area contributed by atoms with Crippen LogP contribution in [0.1, 0.15) is 36.2 Å². The van der Waals surface area contributed by atoms with E-state index in [1.165, 1.54) is 12.1 Å². The average molecular weight is 250 g/mol. The van der Waals surface area contributed by atoms with Gasteiger partial charge in [0.25, 0.3) is 0 Å². The molecule has 18 heavy (non-hydrogen) atoms. The second-order valence-electron chi connectivity index (χ2n) is 4.74. The van der Waals surface area contributed by atoms with Gasteiger partial charge in [-0.3, -0.25) is 9.59 Å². The largest absolute Gasteiger partial charge is 0.462 e. The Morgan fingerprint density at radius 3 is 2.83 bits per heavy atom. The van der Waals surface area contributed by atoms with Gasteiger partial charge in [0.1, 0.15) is 11.7 Å². The highest BCUT2D eigenvalue weighted by molar-refractivity contribution is 6.10.